The molecule has 0 saturated heterocycles. The van der Waals surface area contributed by atoms with Crippen molar-refractivity contribution in [2.24, 2.45) is 5.73 Å². The first-order valence-corrected chi connectivity index (χ1v) is 23.9. The van der Waals surface area contributed by atoms with Crippen LogP contribution < -0.4 is 11.1 Å². The fourth-order valence-electron chi connectivity index (χ4n) is 6.24. The summed E-state index contributed by atoms with van der Waals surface area (Å²) < 4.78 is 22.1. The molecule has 5 N–H and O–H groups in total. The number of phosphoric acid groups is 1. The van der Waals surface area contributed by atoms with Crippen molar-refractivity contribution in [3.05, 3.63) is 60.8 Å². The van der Waals surface area contributed by atoms with Gasteiger partial charge >= 0.3 is 7.82 Å². The van der Waals surface area contributed by atoms with Gasteiger partial charge < -0.3 is 21.1 Å². The number of carbonyl (C=O) groups is 1. The maximum atomic E-state index is 12.8. The van der Waals surface area contributed by atoms with Crippen LogP contribution in [0, 0.1) is 0 Å². The number of hydrogen-bond donors (Lipinski definition) is 4. The van der Waals surface area contributed by atoms with E-state index in [1.54, 1.807) is 6.08 Å². The number of nitrogens with one attached hydrogen (secondary N) is 1. The molecular weight excluding hydrogens is 707 g/mol. The highest BCUT2D eigenvalue weighted by atomic mass is 31.2. The van der Waals surface area contributed by atoms with Gasteiger partial charge in [-0.3, -0.25) is 13.8 Å². The maximum absolute atomic E-state index is 12.8. The summed E-state index contributed by atoms with van der Waals surface area (Å²) in [6.07, 6.45) is 52.6. The van der Waals surface area contributed by atoms with Gasteiger partial charge in [0.1, 0.15) is 0 Å². The highest BCUT2D eigenvalue weighted by Crippen LogP contribution is 2.43. The monoisotopic (exact) mass is 793 g/mol. The third-order valence-corrected chi connectivity index (χ3v) is 10.6. The summed E-state index contributed by atoms with van der Waals surface area (Å²) in [6, 6.07) is -0.867. The summed E-state index contributed by atoms with van der Waals surface area (Å²) in [5, 5.41) is 13.7. The van der Waals surface area contributed by atoms with Crippen LogP contribution >= 0.6 is 7.82 Å². The Morgan fingerprint density at radius 1 is 0.618 bits per heavy atom. The number of carbonyl (C=O) groups excluding carboxylic acids is 1. The number of rotatable bonds is 41. The molecular formula is C46H85N2O6P. The minimum Gasteiger partial charge on any atom is -0.387 e. The van der Waals surface area contributed by atoms with Crippen molar-refractivity contribution >= 4 is 13.7 Å². The summed E-state index contributed by atoms with van der Waals surface area (Å²) in [4.78, 5) is 22.7. The Balaban J connectivity index is 4.20. The predicted octanol–water partition coefficient (Wildman–Crippen LogP) is 12.7. The van der Waals surface area contributed by atoms with Crippen LogP contribution in [0.25, 0.3) is 0 Å². The zero-order valence-electron chi connectivity index (χ0n) is 35.4. The second kappa shape index (κ2) is 41.8. The van der Waals surface area contributed by atoms with Gasteiger partial charge in [-0.2, -0.15) is 0 Å². The first-order chi connectivity index (χ1) is 26.9. The van der Waals surface area contributed by atoms with Crippen molar-refractivity contribution in [1.82, 2.24) is 5.32 Å². The van der Waals surface area contributed by atoms with Gasteiger partial charge in [0.15, 0.2) is 0 Å². The molecule has 0 radical (unpaired) electrons. The van der Waals surface area contributed by atoms with Crippen molar-refractivity contribution in [1.29, 1.82) is 0 Å². The molecule has 0 spiro atoms. The van der Waals surface area contributed by atoms with E-state index in [4.69, 9.17) is 14.8 Å². The first-order valence-electron chi connectivity index (χ1n) is 22.4. The Morgan fingerprint density at radius 3 is 1.55 bits per heavy atom. The molecule has 55 heavy (non-hydrogen) atoms. The van der Waals surface area contributed by atoms with Gasteiger partial charge in [-0.15, -0.1) is 0 Å². The van der Waals surface area contributed by atoms with E-state index in [1.165, 1.54) is 103 Å². The predicted molar refractivity (Wildman–Crippen MR) is 235 cm³/mol. The topological polar surface area (TPSA) is 131 Å². The van der Waals surface area contributed by atoms with Crippen LogP contribution in [0.2, 0.25) is 0 Å². The standard InChI is InChI=1S/C46H85N2O6P/c1-3-5-7-9-11-13-15-17-19-20-21-22-23-24-26-28-30-32-34-36-38-40-46(50)48-44(43-54-55(51,52)53-42-41-47)45(49)39-37-35-33-31-29-27-25-18-16-14-12-10-8-6-4-2/h5,7,11,13,17,19,21-22,37,39,44-45,49H,3-4,6,8-10,12,14-16,18,20,23-36,38,40-43,47H2,1-2H3,(H,48,50)(H,51,52)/b7-5-,13-11-,19-17-,22-21-,39-37+. The van der Waals surface area contributed by atoms with E-state index in [0.717, 1.165) is 70.6 Å². The van der Waals surface area contributed by atoms with Crippen molar-refractivity contribution in [3.8, 4) is 0 Å². The molecule has 8 nitrogen and oxygen atoms in total. The van der Waals surface area contributed by atoms with Gasteiger partial charge in [-0.05, 0) is 57.8 Å². The summed E-state index contributed by atoms with van der Waals surface area (Å²) in [7, 11) is -4.34. The molecule has 3 unspecified atom stereocenters. The first kappa shape index (κ1) is 53.2. The Hall–Kier alpha value is -1.80. The van der Waals surface area contributed by atoms with Crippen LogP contribution in [0.5, 0.6) is 0 Å². The quantitative estimate of drug-likeness (QED) is 0.0275. The molecule has 320 valence electrons. The Bertz CT molecular complexity index is 1040. The molecule has 0 heterocycles. The Morgan fingerprint density at radius 2 is 1.05 bits per heavy atom. The summed E-state index contributed by atoms with van der Waals surface area (Å²) in [5.74, 6) is -0.205. The number of amides is 1. The number of phosphoric ester groups is 1. The smallest absolute Gasteiger partial charge is 0.387 e. The maximum Gasteiger partial charge on any atom is 0.472 e. The van der Waals surface area contributed by atoms with Crippen LogP contribution in [0.4, 0.5) is 0 Å². The molecule has 0 aromatic carbocycles. The molecule has 9 heteroatoms. The van der Waals surface area contributed by atoms with E-state index in [9.17, 15) is 19.4 Å². The number of unbranched alkanes of at least 4 members (excludes halogenated alkanes) is 21. The zero-order chi connectivity index (χ0) is 40.3. The van der Waals surface area contributed by atoms with Gasteiger partial charge in [-0.1, -0.05) is 190 Å². The van der Waals surface area contributed by atoms with Crippen molar-refractivity contribution in [3.63, 3.8) is 0 Å². The van der Waals surface area contributed by atoms with E-state index in [-0.39, 0.29) is 25.7 Å². The van der Waals surface area contributed by atoms with Crippen molar-refractivity contribution in [2.75, 3.05) is 19.8 Å². The average Bonchev–Trinajstić information content (AvgIpc) is 3.17. The lowest BCUT2D eigenvalue weighted by Crippen LogP contribution is -2.45. The van der Waals surface area contributed by atoms with E-state index < -0.39 is 20.0 Å². The lowest BCUT2D eigenvalue weighted by Gasteiger charge is -2.23. The molecule has 3 atom stereocenters. The lowest BCUT2D eigenvalue weighted by molar-refractivity contribution is -0.123. The van der Waals surface area contributed by atoms with Gasteiger partial charge in [0.25, 0.3) is 0 Å². The highest BCUT2D eigenvalue weighted by Gasteiger charge is 2.26. The number of nitrogens with two attached hydrogens (primary N) is 1. The Labute approximate surface area is 338 Å². The highest BCUT2D eigenvalue weighted by molar-refractivity contribution is 7.47. The fourth-order valence-corrected chi connectivity index (χ4v) is 7.00. The summed E-state index contributed by atoms with van der Waals surface area (Å²) >= 11 is 0. The van der Waals surface area contributed by atoms with Crippen LogP contribution in [0.15, 0.2) is 60.8 Å². The number of aliphatic hydroxyl groups is 1. The summed E-state index contributed by atoms with van der Waals surface area (Å²) in [6.45, 7) is 4.01. The lowest BCUT2D eigenvalue weighted by atomic mass is 10.0. The minimum atomic E-state index is -4.34. The second-order valence-corrected chi connectivity index (χ2v) is 16.3. The van der Waals surface area contributed by atoms with Crippen LogP contribution in [-0.2, 0) is 18.4 Å². The molecule has 0 aliphatic rings. The minimum absolute atomic E-state index is 0.0747. The van der Waals surface area contributed by atoms with Crippen LogP contribution in [-0.4, -0.2) is 47.8 Å². The van der Waals surface area contributed by atoms with Gasteiger partial charge in [0.2, 0.25) is 5.91 Å². The normalized spacial score (nSPS) is 14.6. The molecule has 1 amide bonds. The van der Waals surface area contributed by atoms with Crippen LogP contribution in [0.3, 0.4) is 0 Å². The molecule has 0 fully saturated rings. The number of aliphatic hydroxyl groups excluding tert-OH is 1. The Kier molecular flexibility index (Phi) is 40.5. The molecule has 0 aromatic heterocycles. The van der Waals surface area contributed by atoms with Crippen LogP contribution in [0.1, 0.15) is 194 Å². The fraction of sp³-hybridized carbons (Fsp3) is 0.761. The van der Waals surface area contributed by atoms with E-state index in [1.807, 2.05) is 6.08 Å². The molecule has 0 bridgehead atoms. The van der Waals surface area contributed by atoms with Gasteiger partial charge in [0, 0.05) is 13.0 Å². The third kappa shape index (κ3) is 40.2. The second-order valence-electron chi connectivity index (χ2n) is 14.9. The van der Waals surface area contributed by atoms with E-state index >= 15 is 0 Å². The van der Waals surface area contributed by atoms with Crippen molar-refractivity contribution < 1.29 is 28.4 Å². The molecule has 0 aliphatic carbocycles. The number of hydrogen-bond acceptors (Lipinski definition) is 6. The molecule has 0 rings (SSSR count). The third-order valence-electron chi connectivity index (χ3n) is 9.60. The molecule has 0 aliphatic heterocycles. The zero-order valence-corrected chi connectivity index (χ0v) is 36.3. The summed E-state index contributed by atoms with van der Waals surface area (Å²) in [5.41, 5.74) is 5.37. The molecule has 0 aromatic rings. The van der Waals surface area contributed by atoms with Gasteiger partial charge in [-0.25, -0.2) is 4.57 Å². The molecule has 0 saturated carbocycles. The van der Waals surface area contributed by atoms with Gasteiger partial charge in [0.05, 0.1) is 25.4 Å². The SMILES string of the molecule is CC/C=C\C/C=C\C/C=C\C/C=C\CCCCCCCCCCC(=O)NC(COP(=O)(O)OCCN)C(O)/C=C/CCCCCCCCCCCCCCC. The largest absolute Gasteiger partial charge is 0.472 e. The van der Waals surface area contributed by atoms with Crippen molar-refractivity contribution in [2.45, 2.75) is 206 Å². The van der Waals surface area contributed by atoms with E-state index in [0.29, 0.717) is 6.42 Å². The average molecular weight is 793 g/mol. The number of allylic oxidation sites excluding steroid dienone is 9. The van der Waals surface area contributed by atoms with E-state index in [2.05, 4.69) is 67.8 Å².